The van der Waals surface area contributed by atoms with Crippen molar-refractivity contribution in [2.45, 2.75) is 24.8 Å². The Bertz CT molecular complexity index is 502. The summed E-state index contributed by atoms with van der Waals surface area (Å²) in [5.74, 6) is 1.93. The van der Waals surface area contributed by atoms with E-state index in [0.29, 0.717) is 24.5 Å². The van der Waals surface area contributed by atoms with Gasteiger partial charge >= 0.3 is 0 Å². The molecule has 1 aromatic heterocycles. The van der Waals surface area contributed by atoms with E-state index in [1.165, 1.54) is 11.3 Å². The third-order valence-electron chi connectivity index (χ3n) is 2.92. The Hall–Kier alpha value is -0.0800. The molecular weight excluding hydrogens is 288 g/mol. The first kappa shape index (κ1) is 14.3. The highest BCUT2D eigenvalue weighted by atomic mass is 32.2. The Morgan fingerprint density at radius 1 is 1.39 bits per heavy atom. The highest BCUT2D eigenvalue weighted by molar-refractivity contribution is 7.99. The Labute approximate surface area is 117 Å². The molecule has 7 heteroatoms. The smallest absolute Gasteiger partial charge is 0.244 e. The maximum atomic E-state index is 12.6. The van der Waals surface area contributed by atoms with Crippen molar-refractivity contribution in [3.8, 4) is 0 Å². The molecule has 1 aliphatic heterocycles. The lowest BCUT2D eigenvalue weighted by molar-refractivity contribution is 0.435. The third-order valence-corrected chi connectivity index (χ3v) is 7.20. The van der Waals surface area contributed by atoms with Crippen molar-refractivity contribution in [3.63, 3.8) is 0 Å². The van der Waals surface area contributed by atoms with Crippen LogP contribution < -0.4 is 5.73 Å². The van der Waals surface area contributed by atoms with Crippen LogP contribution in [0.4, 0.5) is 0 Å². The SMILES string of the molecule is Cc1sc(CN)cc1S(=O)(=O)N1CCCSCC1. The Kier molecular flexibility index (Phi) is 4.71. The van der Waals surface area contributed by atoms with Crippen molar-refractivity contribution in [2.75, 3.05) is 24.6 Å². The molecule has 0 saturated carbocycles. The fourth-order valence-corrected chi connectivity index (χ4v) is 5.95. The van der Waals surface area contributed by atoms with Gasteiger partial charge in [-0.25, -0.2) is 8.42 Å². The van der Waals surface area contributed by atoms with Crippen LogP contribution in [0, 0.1) is 6.92 Å². The first-order valence-electron chi connectivity index (χ1n) is 5.93. The zero-order valence-electron chi connectivity index (χ0n) is 10.4. The van der Waals surface area contributed by atoms with Crippen molar-refractivity contribution < 1.29 is 8.42 Å². The van der Waals surface area contributed by atoms with Crippen LogP contribution in [0.15, 0.2) is 11.0 Å². The predicted molar refractivity (Wildman–Crippen MR) is 77.6 cm³/mol. The van der Waals surface area contributed by atoms with Crippen LogP contribution in [-0.4, -0.2) is 37.3 Å². The monoisotopic (exact) mass is 306 g/mol. The zero-order valence-corrected chi connectivity index (χ0v) is 12.8. The molecule has 2 rings (SSSR count). The number of sulfonamides is 1. The highest BCUT2D eigenvalue weighted by Gasteiger charge is 2.28. The number of thioether (sulfide) groups is 1. The normalized spacial score (nSPS) is 18.8. The molecule has 1 aromatic rings. The van der Waals surface area contributed by atoms with Crippen molar-refractivity contribution in [1.82, 2.24) is 4.31 Å². The van der Waals surface area contributed by atoms with Gasteiger partial charge in [0.15, 0.2) is 0 Å². The molecule has 2 N–H and O–H groups in total. The van der Waals surface area contributed by atoms with Crippen LogP contribution in [0.3, 0.4) is 0 Å². The van der Waals surface area contributed by atoms with E-state index < -0.39 is 10.0 Å². The lowest BCUT2D eigenvalue weighted by Crippen LogP contribution is -2.33. The Morgan fingerprint density at radius 3 is 2.83 bits per heavy atom. The van der Waals surface area contributed by atoms with Gasteiger partial charge in [-0.15, -0.1) is 11.3 Å². The lowest BCUT2D eigenvalue weighted by atomic mass is 10.4. The Morgan fingerprint density at radius 2 is 2.17 bits per heavy atom. The van der Waals surface area contributed by atoms with Crippen molar-refractivity contribution in [3.05, 3.63) is 15.8 Å². The molecule has 1 aliphatic rings. The molecule has 1 saturated heterocycles. The molecule has 2 heterocycles. The quantitative estimate of drug-likeness (QED) is 0.922. The molecule has 0 unspecified atom stereocenters. The van der Waals surface area contributed by atoms with Crippen molar-refractivity contribution in [2.24, 2.45) is 5.73 Å². The van der Waals surface area contributed by atoms with E-state index in [9.17, 15) is 8.42 Å². The molecule has 0 amide bonds. The average molecular weight is 306 g/mol. The molecule has 0 radical (unpaired) electrons. The summed E-state index contributed by atoms with van der Waals surface area (Å²) in [5.41, 5.74) is 5.58. The predicted octanol–water partition coefficient (Wildman–Crippen LogP) is 1.64. The maximum Gasteiger partial charge on any atom is 0.244 e. The van der Waals surface area contributed by atoms with Gasteiger partial charge in [0.25, 0.3) is 0 Å². The van der Waals surface area contributed by atoms with Gasteiger partial charge in [-0.2, -0.15) is 16.1 Å². The van der Waals surface area contributed by atoms with Gasteiger partial charge in [-0.1, -0.05) is 0 Å². The second kappa shape index (κ2) is 5.92. The van der Waals surface area contributed by atoms with Crippen LogP contribution >= 0.6 is 23.1 Å². The summed E-state index contributed by atoms with van der Waals surface area (Å²) >= 11 is 3.30. The van der Waals surface area contributed by atoms with Crippen LogP contribution in [0.1, 0.15) is 16.2 Å². The minimum Gasteiger partial charge on any atom is -0.326 e. The van der Waals surface area contributed by atoms with E-state index in [-0.39, 0.29) is 0 Å². The number of thiophene rings is 1. The second-order valence-electron chi connectivity index (χ2n) is 4.21. The van der Waals surface area contributed by atoms with Gasteiger partial charge in [-0.3, -0.25) is 0 Å². The van der Waals surface area contributed by atoms with E-state index in [4.69, 9.17) is 5.73 Å². The topological polar surface area (TPSA) is 63.4 Å². The summed E-state index contributed by atoms with van der Waals surface area (Å²) in [4.78, 5) is 2.21. The van der Waals surface area contributed by atoms with E-state index in [2.05, 4.69) is 0 Å². The highest BCUT2D eigenvalue weighted by Crippen LogP contribution is 2.29. The Balaban J connectivity index is 2.31. The molecule has 0 atom stereocenters. The third kappa shape index (κ3) is 2.91. The van der Waals surface area contributed by atoms with Crippen molar-refractivity contribution in [1.29, 1.82) is 0 Å². The molecule has 0 spiro atoms. The van der Waals surface area contributed by atoms with Crippen LogP contribution in [0.2, 0.25) is 0 Å². The molecule has 1 fully saturated rings. The summed E-state index contributed by atoms with van der Waals surface area (Å²) < 4.78 is 26.8. The van der Waals surface area contributed by atoms with Crippen LogP contribution in [-0.2, 0) is 16.6 Å². The second-order valence-corrected chi connectivity index (χ2v) is 8.68. The fraction of sp³-hybridized carbons (Fsp3) is 0.636. The number of nitrogens with two attached hydrogens (primary N) is 1. The molecule has 0 bridgehead atoms. The van der Waals surface area contributed by atoms with Gasteiger partial charge < -0.3 is 5.73 Å². The van der Waals surface area contributed by atoms with Gasteiger partial charge in [0, 0.05) is 35.1 Å². The van der Waals surface area contributed by atoms with E-state index in [0.717, 1.165) is 27.7 Å². The summed E-state index contributed by atoms with van der Waals surface area (Å²) in [6, 6.07) is 1.73. The zero-order chi connectivity index (χ0) is 13.2. The summed E-state index contributed by atoms with van der Waals surface area (Å²) in [7, 11) is -3.33. The van der Waals surface area contributed by atoms with Crippen molar-refractivity contribution >= 4 is 33.1 Å². The lowest BCUT2D eigenvalue weighted by Gasteiger charge is -2.19. The number of hydrogen-bond acceptors (Lipinski definition) is 5. The number of nitrogens with zero attached hydrogens (tertiary/aromatic N) is 1. The minimum absolute atomic E-state index is 0.400. The van der Waals surface area contributed by atoms with E-state index in [1.54, 1.807) is 10.4 Å². The van der Waals surface area contributed by atoms with Crippen LogP contribution in [0.5, 0.6) is 0 Å². The minimum atomic E-state index is -3.33. The molecular formula is C11H18N2O2S3. The van der Waals surface area contributed by atoms with Gasteiger partial charge in [0.1, 0.15) is 0 Å². The number of hydrogen-bond donors (Lipinski definition) is 1. The first-order valence-corrected chi connectivity index (χ1v) is 9.34. The maximum absolute atomic E-state index is 12.6. The van der Waals surface area contributed by atoms with E-state index in [1.807, 2.05) is 18.7 Å². The standard InChI is InChI=1S/C11H18N2O2S3/c1-9-11(7-10(8-12)17-9)18(14,15)13-3-2-5-16-6-4-13/h7H,2-6,8,12H2,1H3. The molecule has 18 heavy (non-hydrogen) atoms. The molecule has 0 aliphatic carbocycles. The molecule has 102 valence electrons. The number of aryl methyl sites for hydroxylation is 1. The van der Waals surface area contributed by atoms with Crippen LogP contribution in [0.25, 0.3) is 0 Å². The van der Waals surface area contributed by atoms with Gasteiger partial charge in [0.2, 0.25) is 10.0 Å². The first-order chi connectivity index (χ1) is 8.55. The fourth-order valence-electron chi connectivity index (χ4n) is 1.98. The molecule has 0 aromatic carbocycles. The summed E-state index contributed by atoms with van der Waals surface area (Å²) in [5, 5.41) is 0. The van der Waals surface area contributed by atoms with Gasteiger partial charge in [0.05, 0.1) is 4.90 Å². The van der Waals surface area contributed by atoms with E-state index >= 15 is 0 Å². The average Bonchev–Trinajstić information content (AvgIpc) is 2.55. The number of rotatable bonds is 3. The largest absolute Gasteiger partial charge is 0.326 e. The summed E-state index contributed by atoms with van der Waals surface area (Å²) in [6.07, 6.45) is 0.927. The van der Waals surface area contributed by atoms with Gasteiger partial charge in [-0.05, 0) is 25.2 Å². The molecule has 4 nitrogen and oxygen atoms in total. The summed E-state index contributed by atoms with van der Waals surface area (Å²) in [6.45, 7) is 3.49.